The van der Waals surface area contributed by atoms with Gasteiger partial charge in [0.15, 0.2) is 11.0 Å². The van der Waals surface area contributed by atoms with Crippen LogP contribution in [0.3, 0.4) is 0 Å². The van der Waals surface area contributed by atoms with Gasteiger partial charge in [0.25, 0.3) is 0 Å². The number of amides is 2. The summed E-state index contributed by atoms with van der Waals surface area (Å²) in [4.78, 5) is 32.0. The van der Waals surface area contributed by atoms with E-state index in [1.807, 2.05) is 0 Å². The number of halogens is 2. The maximum Gasteiger partial charge on any atom is 0.413 e. The molecule has 1 aliphatic rings. The van der Waals surface area contributed by atoms with Crippen LogP contribution in [0.5, 0.6) is 0 Å². The normalized spacial score (nSPS) is 19.0. The summed E-state index contributed by atoms with van der Waals surface area (Å²) < 4.78 is 32.5. The molecule has 0 unspecified atom stereocenters. The van der Waals surface area contributed by atoms with Gasteiger partial charge in [-0.05, 0) is 30.4 Å². The highest BCUT2D eigenvalue weighted by molar-refractivity contribution is 7.14. The van der Waals surface area contributed by atoms with E-state index >= 15 is 0 Å². The number of nitrogens with zero attached hydrogens (tertiary/aromatic N) is 2. The fraction of sp³-hybridized carbons (Fsp3) is 0.412. The molecular formula is C17H18F2N4O3S. The number of hydrogen-bond acceptors (Lipinski definition) is 7. The lowest BCUT2D eigenvalue weighted by molar-refractivity contribution is -0.124. The van der Waals surface area contributed by atoms with Gasteiger partial charge in [-0.2, -0.15) is 13.8 Å². The van der Waals surface area contributed by atoms with Gasteiger partial charge in [0.1, 0.15) is 5.69 Å². The largest absolute Gasteiger partial charge is 0.453 e. The number of rotatable bonds is 4. The summed E-state index contributed by atoms with van der Waals surface area (Å²) >= 11 is 0.807. The number of carbonyl (C=O) groups excluding carboxylic acids is 2. The van der Waals surface area contributed by atoms with Crippen LogP contribution in [0.2, 0.25) is 0 Å². The molecule has 1 saturated carbocycles. The fourth-order valence-electron chi connectivity index (χ4n) is 3.35. The van der Waals surface area contributed by atoms with Crippen molar-refractivity contribution in [2.24, 2.45) is 5.92 Å². The number of anilines is 1. The monoisotopic (exact) mass is 396 g/mol. The predicted molar refractivity (Wildman–Crippen MR) is 95.4 cm³/mol. The highest BCUT2D eigenvalue weighted by Gasteiger charge is 2.37. The third-order valence-electron chi connectivity index (χ3n) is 4.61. The number of imide groups is 1. The van der Waals surface area contributed by atoms with Gasteiger partial charge < -0.3 is 10.1 Å². The first kappa shape index (κ1) is 19.2. The summed E-state index contributed by atoms with van der Waals surface area (Å²) in [5, 5.41) is 4.33. The Labute approximate surface area is 158 Å². The van der Waals surface area contributed by atoms with Crippen molar-refractivity contribution in [3.8, 4) is 10.7 Å². The third-order valence-corrected chi connectivity index (χ3v) is 5.54. The van der Waals surface area contributed by atoms with Crippen LogP contribution in [-0.4, -0.2) is 36.1 Å². The van der Waals surface area contributed by atoms with Crippen molar-refractivity contribution in [2.75, 3.05) is 19.5 Å². The molecule has 1 fully saturated rings. The summed E-state index contributed by atoms with van der Waals surface area (Å²) in [7, 11) is 2.71. The number of nitrogens with one attached hydrogen (secondary N) is 2. The molecule has 10 heteroatoms. The van der Waals surface area contributed by atoms with E-state index in [0.717, 1.165) is 17.8 Å². The first-order valence-corrected chi connectivity index (χ1v) is 9.15. The van der Waals surface area contributed by atoms with E-state index < -0.39 is 29.0 Å². The summed E-state index contributed by atoms with van der Waals surface area (Å²) in [6, 6.07) is 1.33. The van der Waals surface area contributed by atoms with E-state index in [9.17, 15) is 18.4 Å². The van der Waals surface area contributed by atoms with Gasteiger partial charge in [0.05, 0.1) is 18.2 Å². The zero-order valence-electron chi connectivity index (χ0n) is 14.7. The van der Waals surface area contributed by atoms with Gasteiger partial charge in [-0.3, -0.25) is 10.1 Å². The van der Waals surface area contributed by atoms with Crippen molar-refractivity contribution >= 4 is 29.0 Å². The Bertz CT molecular complexity index is 874. The van der Waals surface area contributed by atoms with Crippen molar-refractivity contribution in [3.63, 3.8) is 0 Å². The number of methoxy groups -OCH3 is 1. The summed E-state index contributed by atoms with van der Waals surface area (Å²) in [5.41, 5.74) is 0.685. The van der Waals surface area contributed by atoms with Crippen LogP contribution in [0.15, 0.2) is 12.3 Å². The van der Waals surface area contributed by atoms with E-state index in [2.05, 4.69) is 25.3 Å². The Morgan fingerprint density at radius 3 is 2.78 bits per heavy atom. The highest BCUT2D eigenvalue weighted by atomic mass is 32.1. The first-order chi connectivity index (χ1) is 12.9. The lowest BCUT2D eigenvalue weighted by Gasteiger charge is -2.19. The summed E-state index contributed by atoms with van der Waals surface area (Å²) in [5.74, 6) is -1.98. The molecule has 0 aromatic carbocycles. The fourth-order valence-corrected chi connectivity index (χ4v) is 4.25. The molecule has 0 aliphatic heterocycles. The topological polar surface area (TPSA) is 93.2 Å². The number of hydrogen-bond donors (Lipinski definition) is 2. The van der Waals surface area contributed by atoms with Gasteiger partial charge in [-0.15, -0.1) is 11.3 Å². The minimum Gasteiger partial charge on any atom is -0.453 e. The Balaban J connectivity index is 1.94. The van der Waals surface area contributed by atoms with Gasteiger partial charge in [0, 0.05) is 13.0 Å². The standard InChI is InChI=1S/C17H18F2N4O3S/c1-20-11-7-21-15(22-14(11)19)13-10(6-12(18)27-13)8-4-3-5-9(8)16(24)23-17(25)26-2/h6-9,20H,3-5H2,1-2H3,(H,23,24,25)/t8-,9-/m1/s1. The molecule has 2 aromatic rings. The minimum atomic E-state index is -0.838. The van der Waals surface area contributed by atoms with Crippen LogP contribution in [-0.2, 0) is 9.53 Å². The van der Waals surface area contributed by atoms with E-state index in [1.165, 1.54) is 19.4 Å². The Hall–Kier alpha value is -2.62. The average Bonchev–Trinajstić information content (AvgIpc) is 3.27. The quantitative estimate of drug-likeness (QED) is 0.771. The lowest BCUT2D eigenvalue weighted by Crippen LogP contribution is -2.36. The van der Waals surface area contributed by atoms with E-state index in [-0.39, 0.29) is 17.4 Å². The predicted octanol–water partition coefficient (Wildman–Crippen LogP) is 3.29. The zero-order chi connectivity index (χ0) is 19.6. The van der Waals surface area contributed by atoms with Crippen molar-refractivity contribution in [2.45, 2.75) is 25.2 Å². The number of carbonyl (C=O) groups is 2. The first-order valence-electron chi connectivity index (χ1n) is 8.33. The van der Waals surface area contributed by atoms with Crippen LogP contribution in [0.4, 0.5) is 19.3 Å². The second kappa shape index (κ2) is 7.95. The smallest absolute Gasteiger partial charge is 0.413 e. The molecule has 0 radical (unpaired) electrons. The van der Waals surface area contributed by atoms with E-state index in [4.69, 9.17) is 0 Å². The Kier molecular flexibility index (Phi) is 5.64. The molecule has 2 atom stereocenters. The van der Waals surface area contributed by atoms with Crippen molar-refractivity contribution in [1.82, 2.24) is 15.3 Å². The Morgan fingerprint density at radius 2 is 2.11 bits per heavy atom. The average molecular weight is 396 g/mol. The van der Waals surface area contributed by atoms with Crippen LogP contribution >= 0.6 is 11.3 Å². The van der Waals surface area contributed by atoms with Crippen LogP contribution in [0, 0.1) is 17.0 Å². The van der Waals surface area contributed by atoms with Gasteiger partial charge in [-0.1, -0.05) is 6.42 Å². The molecular weight excluding hydrogens is 378 g/mol. The summed E-state index contributed by atoms with van der Waals surface area (Å²) in [6.07, 6.45) is 2.39. The molecule has 2 amide bonds. The van der Waals surface area contributed by atoms with Crippen molar-refractivity contribution < 1.29 is 23.1 Å². The Morgan fingerprint density at radius 1 is 1.33 bits per heavy atom. The van der Waals surface area contributed by atoms with E-state index in [1.54, 1.807) is 7.05 Å². The highest BCUT2D eigenvalue weighted by Crippen LogP contribution is 2.45. The lowest BCUT2D eigenvalue weighted by atomic mass is 9.88. The molecule has 2 aromatic heterocycles. The third kappa shape index (κ3) is 3.90. The number of ether oxygens (including phenoxy) is 1. The van der Waals surface area contributed by atoms with Gasteiger partial charge in [0.2, 0.25) is 11.9 Å². The second-order valence-electron chi connectivity index (χ2n) is 6.11. The molecule has 1 aliphatic carbocycles. The van der Waals surface area contributed by atoms with Gasteiger partial charge in [-0.25, -0.2) is 9.78 Å². The zero-order valence-corrected chi connectivity index (χ0v) is 15.5. The molecule has 0 bridgehead atoms. The molecule has 0 saturated heterocycles. The maximum atomic E-state index is 14.0. The molecule has 0 spiro atoms. The number of alkyl carbamates (subject to hydrolysis) is 1. The minimum absolute atomic E-state index is 0.0643. The molecule has 3 rings (SSSR count). The molecule has 2 N–H and O–H groups in total. The molecule has 144 valence electrons. The SMILES string of the molecule is CNc1cnc(-c2sc(F)cc2[C@@H]2CCC[C@H]2C(=O)NC(=O)OC)nc1F. The van der Waals surface area contributed by atoms with E-state index in [0.29, 0.717) is 23.3 Å². The number of thiophene rings is 1. The van der Waals surface area contributed by atoms with Crippen molar-refractivity contribution in [1.29, 1.82) is 0 Å². The van der Waals surface area contributed by atoms with Crippen molar-refractivity contribution in [3.05, 3.63) is 28.9 Å². The van der Waals surface area contributed by atoms with Crippen LogP contribution < -0.4 is 10.6 Å². The maximum absolute atomic E-state index is 14.0. The van der Waals surface area contributed by atoms with Gasteiger partial charge >= 0.3 is 6.09 Å². The van der Waals surface area contributed by atoms with Crippen LogP contribution in [0.25, 0.3) is 10.7 Å². The number of aromatic nitrogens is 2. The molecule has 2 heterocycles. The summed E-state index contributed by atoms with van der Waals surface area (Å²) in [6.45, 7) is 0. The molecule has 7 nitrogen and oxygen atoms in total. The molecule has 27 heavy (non-hydrogen) atoms. The second-order valence-corrected chi connectivity index (χ2v) is 7.11. The van der Waals surface area contributed by atoms with Crippen LogP contribution in [0.1, 0.15) is 30.7 Å².